The maximum absolute atomic E-state index is 12.3. The van der Waals surface area contributed by atoms with E-state index in [1.165, 1.54) is 0 Å². The molecule has 0 saturated heterocycles. The highest BCUT2D eigenvalue weighted by atomic mass is 16.5. The summed E-state index contributed by atoms with van der Waals surface area (Å²) in [6.45, 7) is 5.12. The number of ether oxygens (including phenoxy) is 2. The normalized spacial score (nSPS) is 10.2. The molecule has 0 unspecified atom stereocenters. The summed E-state index contributed by atoms with van der Waals surface area (Å²) in [5.41, 5.74) is 6.51. The number of carbonyl (C=O) groups excluding carboxylic acids is 2. The summed E-state index contributed by atoms with van der Waals surface area (Å²) in [6.07, 6.45) is 0. The van der Waals surface area contributed by atoms with Crippen molar-refractivity contribution in [3.63, 3.8) is 0 Å². The van der Waals surface area contributed by atoms with Gasteiger partial charge in [-0.25, -0.2) is 0 Å². The first-order valence-electron chi connectivity index (χ1n) is 8.09. The first-order chi connectivity index (χ1) is 12.1. The van der Waals surface area contributed by atoms with Crippen LogP contribution in [0.2, 0.25) is 0 Å². The molecule has 0 spiro atoms. The summed E-state index contributed by atoms with van der Waals surface area (Å²) in [5.74, 6) is -0.389. The highest BCUT2D eigenvalue weighted by Gasteiger charge is 2.14. The van der Waals surface area contributed by atoms with Gasteiger partial charge in [-0.3, -0.25) is 20.4 Å². The Bertz CT molecular complexity index is 731. The molecule has 2 aromatic carbocycles. The number of hydrazine groups is 1. The largest absolute Gasteiger partial charge is 0.490 e. The van der Waals surface area contributed by atoms with Crippen LogP contribution in [0.1, 0.15) is 33.2 Å². The van der Waals surface area contributed by atoms with E-state index in [9.17, 15) is 9.59 Å². The van der Waals surface area contributed by atoms with Crippen molar-refractivity contribution in [2.75, 3.05) is 19.8 Å². The molecule has 0 aromatic heterocycles. The van der Waals surface area contributed by atoms with Crippen LogP contribution in [-0.4, -0.2) is 31.6 Å². The van der Waals surface area contributed by atoms with Gasteiger partial charge < -0.3 is 9.47 Å². The van der Waals surface area contributed by atoms with E-state index in [1.807, 2.05) is 26.0 Å². The molecule has 2 N–H and O–H groups in total. The van der Waals surface area contributed by atoms with Gasteiger partial charge >= 0.3 is 0 Å². The summed E-state index contributed by atoms with van der Waals surface area (Å²) < 4.78 is 10.8. The van der Waals surface area contributed by atoms with E-state index in [4.69, 9.17) is 9.47 Å². The van der Waals surface area contributed by atoms with Gasteiger partial charge in [0.1, 0.15) is 12.4 Å². The average Bonchev–Trinajstić information content (AvgIpc) is 2.64. The Labute approximate surface area is 147 Å². The van der Waals surface area contributed by atoms with Crippen molar-refractivity contribution in [2.24, 2.45) is 0 Å². The van der Waals surface area contributed by atoms with Gasteiger partial charge in [0.25, 0.3) is 11.8 Å². The van der Waals surface area contributed by atoms with Crippen molar-refractivity contribution in [1.82, 2.24) is 10.9 Å². The standard InChI is InChI=1S/C19H22N2O4/c1-3-24-12-13-25-17-11-7-6-10-16(17)19(23)21-20-18(22)15-9-5-4-8-14(15)2/h4-11H,3,12-13H2,1-2H3,(H,20,22)(H,21,23). The smallest absolute Gasteiger partial charge is 0.273 e. The second-order valence-electron chi connectivity index (χ2n) is 5.26. The predicted molar refractivity (Wildman–Crippen MR) is 94.5 cm³/mol. The molecular weight excluding hydrogens is 320 g/mol. The lowest BCUT2D eigenvalue weighted by molar-refractivity contribution is 0.0840. The van der Waals surface area contributed by atoms with E-state index in [0.717, 1.165) is 5.56 Å². The molecule has 25 heavy (non-hydrogen) atoms. The Morgan fingerprint density at radius 2 is 1.48 bits per heavy atom. The number of para-hydroxylation sites is 1. The molecule has 0 bridgehead atoms. The van der Waals surface area contributed by atoms with Crippen LogP contribution in [0, 0.1) is 6.92 Å². The van der Waals surface area contributed by atoms with Gasteiger partial charge in [0.15, 0.2) is 0 Å². The van der Waals surface area contributed by atoms with Crippen molar-refractivity contribution in [3.8, 4) is 5.75 Å². The van der Waals surface area contributed by atoms with Crippen LogP contribution in [-0.2, 0) is 4.74 Å². The van der Waals surface area contributed by atoms with Crippen LogP contribution in [0.5, 0.6) is 5.75 Å². The summed E-state index contributed by atoms with van der Waals surface area (Å²) in [5, 5.41) is 0. The minimum absolute atomic E-state index is 0.337. The number of benzene rings is 2. The lowest BCUT2D eigenvalue weighted by Gasteiger charge is -2.12. The Hall–Kier alpha value is -2.86. The zero-order valence-corrected chi connectivity index (χ0v) is 14.4. The molecule has 6 nitrogen and oxygen atoms in total. The summed E-state index contributed by atoms with van der Waals surface area (Å²) >= 11 is 0. The van der Waals surface area contributed by atoms with Crippen LogP contribution in [0.25, 0.3) is 0 Å². The predicted octanol–water partition coefficient (Wildman–Crippen LogP) is 2.49. The summed E-state index contributed by atoms with van der Waals surface area (Å²) in [6, 6.07) is 14.0. The topological polar surface area (TPSA) is 76.7 Å². The molecule has 0 aliphatic carbocycles. The first kappa shape index (κ1) is 18.5. The summed E-state index contributed by atoms with van der Waals surface area (Å²) in [4.78, 5) is 24.5. The van der Waals surface area contributed by atoms with Crippen molar-refractivity contribution in [1.29, 1.82) is 0 Å². The number of aryl methyl sites for hydroxylation is 1. The number of amides is 2. The Morgan fingerprint density at radius 3 is 2.16 bits per heavy atom. The Kier molecular flexibility index (Phi) is 6.98. The molecule has 0 atom stereocenters. The average molecular weight is 342 g/mol. The van der Waals surface area contributed by atoms with Gasteiger partial charge in [0.05, 0.1) is 12.2 Å². The fraction of sp³-hybridized carbons (Fsp3) is 0.263. The van der Waals surface area contributed by atoms with Crippen LogP contribution in [0.4, 0.5) is 0 Å². The lowest BCUT2D eigenvalue weighted by Crippen LogP contribution is -2.42. The van der Waals surface area contributed by atoms with Crippen molar-refractivity contribution in [2.45, 2.75) is 13.8 Å². The molecule has 132 valence electrons. The van der Waals surface area contributed by atoms with Gasteiger partial charge in [0, 0.05) is 12.2 Å². The van der Waals surface area contributed by atoms with Crippen molar-refractivity contribution < 1.29 is 19.1 Å². The second kappa shape index (κ2) is 9.44. The van der Waals surface area contributed by atoms with Crippen molar-refractivity contribution in [3.05, 3.63) is 65.2 Å². The van der Waals surface area contributed by atoms with Crippen LogP contribution in [0.3, 0.4) is 0 Å². The fourth-order valence-corrected chi connectivity index (χ4v) is 2.21. The number of carbonyl (C=O) groups is 2. The third-order valence-corrected chi connectivity index (χ3v) is 3.50. The number of rotatable bonds is 7. The lowest BCUT2D eigenvalue weighted by atomic mass is 10.1. The minimum Gasteiger partial charge on any atom is -0.490 e. The highest BCUT2D eigenvalue weighted by Crippen LogP contribution is 2.17. The van der Waals surface area contributed by atoms with Crippen LogP contribution >= 0.6 is 0 Å². The van der Waals surface area contributed by atoms with Gasteiger partial charge in [0.2, 0.25) is 0 Å². The Balaban J connectivity index is 1.96. The molecule has 0 heterocycles. The van der Waals surface area contributed by atoms with Gasteiger partial charge in [-0.15, -0.1) is 0 Å². The number of hydrogen-bond donors (Lipinski definition) is 2. The SMILES string of the molecule is CCOCCOc1ccccc1C(=O)NNC(=O)c1ccccc1C. The molecule has 0 aliphatic heterocycles. The molecule has 6 heteroatoms. The molecule has 2 amide bonds. The van der Waals surface area contributed by atoms with E-state index in [-0.39, 0.29) is 5.91 Å². The minimum atomic E-state index is -0.450. The summed E-state index contributed by atoms with van der Waals surface area (Å²) in [7, 11) is 0. The third kappa shape index (κ3) is 5.32. The first-order valence-corrected chi connectivity index (χ1v) is 8.09. The maximum atomic E-state index is 12.3. The molecule has 0 aliphatic rings. The van der Waals surface area contributed by atoms with Gasteiger partial charge in [-0.2, -0.15) is 0 Å². The molecule has 2 aromatic rings. The fourth-order valence-electron chi connectivity index (χ4n) is 2.21. The van der Waals surface area contributed by atoms with E-state index < -0.39 is 5.91 Å². The van der Waals surface area contributed by atoms with Gasteiger partial charge in [-0.1, -0.05) is 30.3 Å². The quantitative estimate of drug-likeness (QED) is 0.599. The van der Waals surface area contributed by atoms with Crippen LogP contribution in [0.15, 0.2) is 48.5 Å². The third-order valence-electron chi connectivity index (χ3n) is 3.50. The van der Waals surface area contributed by atoms with E-state index >= 15 is 0 Å². The molecule has 0 fully saturated rings. The monoisotopic (exact) mass is 342 g/mol. The van der Waals surface area contributed by atoms with E-state index in [1.54, 1.807) is 36.4 Å². The number of hydrogen-bond acceptors (Lipinski definition) is 4. The molecule has 0 radical (unpaired) electrons. The molecule has 2 rings (SSSR count). The van der Waals surface area contributed by atoms with E-state index in [0.29, 0.717) is 36.7 Å². The maximum Gasteiger partial charge on any atom is 0.273 e. The molecular formula is C19H22N2O4. The highest BCUT2D eigenvalue weighted by molar-refractivity contribution is 6.00. The molecule has 0 saturated carbocycles. The zero-order valence-electron chi connectivity index (χ0n) is 14.4. The Morgan fingerprint density at radius 1 is 0.880 bits per heavy atom. The zero-order chi connectivity index (χ0) is 18.1. The van der Waals surface area contributed by atoms with Crippen LogP contribution < -0.4 is 15.6 Å². The van der Waals surface area contributed by atoms with Crippen molar-refractivity contribution >= 4 is 11.8 Å². The van der Waals surface area contributed by atoms with E-state index in [2.05, 4.69) is 10.9 Å². The number of nitrogens with one attached hydrogen (secondary N) is 2. The second-order valence-corrected chi connectivity index (χ2v) is 5.26. The van der Waals surface area contributed by atoms with Gasteiger partial charge in [-0.05, 0) is 37.6 Å².